The molecule has 2 aromatic heterocycles. The van der Waals surface area contributed by atoms with Crippen LogP contribution >= 0.6 is 11.6 Å². The Morgan fingerprint density at radius 2 is 2.29 bits per heavy atom. The van der Waals surface area contributed by atoms with Crippen molar-refractivity contribution < 1.29 is 4.92 Å². The molecular formula is C9H8ClN5O2. The summed E-state index contributed by atoms with van der Waals surface area (Å²) in [5.41, 5.74) is 1.21. The van der Waals surface area contributed by atoms with Gasteiger partial charge in [0, 0.05) is 0 Å². The van der Waals surface area contributed by atoms with Crippen molar-refractivity contribution in [2.45, 2.75) is 13.5 Å². The predicted molar refractivity (Wildman–Crippen MR) is 59.8 cm³/mol. The van der Waals surface area contributed by atoms with Gasteiger partial charge in [-0.05, 0) is 6.92 Å². The van der Waals surface area contributed by atoms with Crippen LogP contribution in [0.3, 0.4) is 0 Å². The van der Waals surface area contributed by atoms with E-state index in [1.165, 1.54) is 23.3 Å². The first-order valence-electron chi connectivity index (χ1n) is 4.71. The van der Waals surface area contributed by atoms with Crippen LogP contribution in [0.15, 0.2) is 18.6 Å². The van der Waals surface area contributed by atoms with Crippen LogP contribution < -0.4 is 0 Å². The molecule has 2 heterocycles. The second-order valence-electron chi connectivity index (χ2n) is 3.39. The minimum Gasteiger partial charge on any atom is -0.260 e. The van der Waals surface area contributed by atoms with Gasteiger partial charge in [-0.3, -0.25) is 19.8 Å². The molecule has 0 aromatic carbocycles. The second-order valence-corrected chi connectivity index (χ2v) is 3.75. The molecule has 0 amide bonds. The Morgan fingerprint density at radius 3 is 2.88 bits per heavy atom. The van der Waals surface area contributed by atoms with E-state index in [1.54, 1.807) is 6.92 Å². The summed E-state index contributed by atoms with van der Waals surface area (Å²) in [7, 11) is 0. The van der Waals surface area contributed by atoms with Gasteiger partial charge < -0.3 is 0 Å². The van der Waals surface area contributed by atoms with Crippen LogP contribution in [-0.4, -0.2) is 24.7 Å². The maximum Gasteiger partial charge on any atom is 0.307 e. The van der Waals surface area contributed by atoms with E-state index in [-0.39, 0.29) is 5.69 Å². The molecule has 0 aliphatic heterocycles. The molecule has 7 nitrogen and oxygen atoms in total. The molecule has 0 saturated carbocycles. The van der Waals surface area contributed by atoms with Crippen molar-refractivity contribution in [3.63, 3.8) is 0 Å². The minimum atomic E-state index is -0.498. The number of hydrogen-bond donors (Lipinski definition) is 0. The van der Waals surface area contributed by atoms with E-state index in [9.17, 15) is 10.1 Å². The van der Waals surface area contributed by atoms with Gasteiger partial charge in [0.2, 0.25) is 0 Å². The van der Waals surface area contributed by atoms with Crippen LogP contribution in [0.2, 0.25) is 5.15 Å². The molecular weight excluding hydrogens is 246 g/mol. The molecule has 2 aromatic rings. The normalized spacial score (nSPS) is 10.5. The summed E-state index contributed by atoms with van der Waals surface area (Å²) in [5, 5.41) is 14.7. The van der Waals surface area contributed by atoms with Crippen molar-refractivity contribution in [2.24, 2.45) is 0 Å². The third kappa shape index (κ3) is 2.56. The number of aromatic nitrogens is 4. The number of rotatable bonds is 3. The molecule has 0 radical (unpaired) electrons. The van der Waals surface area contributed by atoms with Gasteiger partial charge in [-0.25, -0.2) is 4.98 Å². The predicted octanol–water partition coefficient (Wildman–Crippen LogP) is 1.59. The summed E-state index contributed by atoms with van der Waals surface area (Å²) in [4.78, 5) is 18.1. The van der Waals surface area contributed by atoms with Gasteiger partial charge in [0.25, 0.3) is 0 Å². The van der Waals surface area contributed by atoms with Crippen molar-refractivity contribution in [1.82, 2.24) is 19.7 Å². The van der Waals surface area contributed by atoms with Crippen molar-refractivity contribution in [3.8, 4) is 0 Å². The smallest absolute Gasteiger partial charge is 0.260 e. The highest BCUT2D eigenvalue weighted by Crippen LogP contribution is 2.11. The van der Waals surface area contributed by atoms with E-state index >= 15 is 0 Å². The van der Waals surface area contributed by atoms with E-state index < -0.39 is 4.92 Å². The molecule has 0 unspecified atom stereocenters. The fraction of sp³-hybridized carbons (Fsp3) is 0.222. The van der Waals surface area contributed by atoms with E-state index in [1.807, 2.05) is 0 Å². The van der Waals surface area contributed by atoms with Crippen LogP contribution in [0.1, 0.15) is 11.4 Å². The van der Waals surface area contributed by atoms with Crippen LogP contribution in [0.4, 0.5) is 5.69 Å². The zero-order valence-electron chi connectivity index (χ0n) is 8.87. The van der Waals surface area contributed by atoms with Crippen LogP contribution in [0.25, 0.3) is 0 Å². The van der Waals surface area contributed by atoms with Crippen LogP contribution in [-0.2, 0) is 6.54 Å². The third-order valence-corrected chi connectivity index (χ3v) is 2.46. The standard InChI is InChI=1S/C9H8ClN5O2/c1-6-9(10)11-2-7(13-6)4-14-5-8(3-12-14)15(16)17/h2-3,5H,4H2,1H3. The third-order valence-electron chi connectivity index (χ3n) is 2.09. The number of nitro groups is 1. The molecule has 0 bridgehead atoms. The molecule has 0 aliphatic rings. The average Bonchev–Trinajstić information content (AvgIpc) is 2.72. The second kappa shape index (κ2) is 4.46. The zero-order valence-corrected chi connectivity index (χ0v) is 9.63. The number of aryl methyl sites for hydroxylation is 1. The van der Waals surface area contributed by atoms with Gasteiger partial charge in [-0.15, -0.1) is 0 Å². The highest BCUT2D eigenvalue weighted by Gasteiger charge is 2.09. The first-order chi connectivity index (χ1) is 8.06. The number of nitrogens with zero attached hydrogens (tertiary/aromatic N) is 5. The highest BCUT2D eigenvalue weighted by molar-refractivity contribution is 6.29. The largest absolute Gasteiger partial charge is 0.307 e. The summed E-state index contributed by atoms with van der Waals surface area (Å²) in [6, 6.07) is 0. The molecule has 0 spiro atoms. The number of halogens is 1. The number of hydrogen-bond acceptors (Lipinski definition) is 5. The van der Waals surface area contributed by atoms with Gasteiger partial charge in [-0.1, -0.05) is 11.6 Å². The summed E-state index contributed by atoms with van der Waals surface area (Å²) in [5.74, 6) is 0. The van der Waals surface area contributed by atoms with Gasteiger partial charge in [0.1, 0.15) is 17.5 Å². The molecule has 0 aliphatic carbocycles. The fourth-order valence-electron chi connectivity index (χ4n) is 1.29. The summed E-state index contributed by atoms with van der Waals surface area (Å²) < 4.78 is 1.43. The fourth-order valence-corrected chi connectivity index (χ4v) is 1.38. The SMILES string of the molecule is Cc1nc(Cn2cc([N+](=O)[O-])cn2)cnc1Cl. The lowest BCUT2D eigenvalue weighted by molar-refractivity contribution is -0.385. The van der Waals surface area contributed by atoms with E-state index in [0.717, 1.165) is 0 Å². The molecule has 2 rings (SSSR count). The lowest BCUT2D eigenvalue weighted by atomic mass is 10.4. The topological polar surface area (TPSA) is 86.7 Å². The van der Waals surface area contributed by atoms with Crippen molar-refractivity contribution in [3.05, 3.63) is 45.2 Å². The Bertz CT molecular complexity index is 568. The zero-order chi connectivity index (χ0) is 12.4. The quantitative estimate of drug-likeness (QED) is 0.612. The summed E-state index contributed by atoms with van der Waals surface area (Å²) in [6.07, 6.45) is 4.05. The van der Waals surface area contributed by atoms with Crippen molar-refractivity contribution in [2.75, 3.05) is 0 Å². The Balaban J connectivity index is 2.19. The molecule has 0 saturated heterocycles. The minimum absolute atomic E-state index is 0.0522. The molecule has 88 valence electrons. The summed E-state index contributed by atoms with van der Waals surface area (Å²) in [6.45, 7) is 2.06. The van der Waals surface area contributed by atoms with Crippen molar-refractivity contribution >= 4 is 17.3 Å². The highest BCUT2D eigenvalue weighted by atomic mass is 35.5. The summed E-state index contributed by atoms with van der Waals surface area (Å²) >= 11 is 5.74. The van der Waals surface area contributed by atoms with Crippen LogP contribution in [0, 0.1) is 17.0 Å². The molecule has 0 fully saturated rings. The lowest BCUT2D eigenvalue weighted by Crippen LogP contribution is -2.04. The lowest BCUT2D eigenvalue weighted by Gasteiger charge is -2.02. The first-order valence-corrected chi connectivity index (χ1v) is 5.09. The van der Waals surface area contributed by atoms with Crippen molar-refractivity contribution in [1.29, 1.82) is 0 Å². The van der Waals surface area contributed by atoms with Gasteiger partial charge in [0.05, 0.1) is 29.1 Å². The maximum atomic E-state index is 10.5. The van der Waals surface area contributed by atoms with E-state index in [2.05, 4.69) is 15.1 Å². The van der Waals surface area contributed by atoms with Gasteiger partial charge in [0.15, 0.2) is 0 Å². The monoisotopic (exact) mass is 253 g/mol. The first kappa shape index (κ1) is 11.5. The Morgan fingerprint density at radius 1 is 1.53 bits per heavy atom. The van der Waals surface area contributed by atoms with E-state index in [4.69, 9.17) is 11.6 Å². The molecule has 17 heavy (non-hydrogen) atoms. The Labute approximate surface area is 101 Å². The van der Waals surface area contributed by atoms with Crippen LogP contribution in [0.5, 0.6) is 0 Å². The Kier molecular flexibility index (Phi) is 3.01. The van der Waals surface area contributed by atoms with Gasteiger partial charge >= 0.3 is 5.69 Å². The molecule has 0 atom stereocenters. The maximum absolute atomic E-state index is 10.5. The average molecular weight is 254 g/mol. The van der Waals surface area contributed by atoms with Gasteiger partial charge in [-0.2, -0.15) is 5.10 Å². The van der Waals surface area contributed by atoms with E-state index in [0.29, 0.717) is 23.1 Å². The molecule has 0 N–H and O–H groups in total. The molecule has 8 heteroatoms. The Hall–Kier alpha value is -2.02.